The summed E-state index contributed by atoms with van der Waals surface area (Å²) in [6.07, 6.45) is 2.57. The smallest absolute Gasteiger partial charge is 0.246 e. The van der Waals surface area contributed by atoms with Crippen LogP contribution in [0.1, 0.15) is 18.9 Å². The molecule has 0 bridgehead atoms. The molecule has 0 aromatic carbocycles. The lowest BCUT2D eigenvalue weighted by Gasteiger charge is -2.34. The van der Waals surface area contributed by atoms with Crippen molar-refractivity contribution in [2.45, 2.75) is 32.2 Å². The molecule has 9 nitrogen and oxygen atoms in total. The number of anilines is 3. The van der Waals surface area contributed by atoms with Gasteiger partial charge in [-0.3, -0.25) is 9.48 Å². The summed E-state index contributed by atoms with van der Waals surface area (Å²) in [5.74, 6) is 0.351. The molecular weight excluding hydrogens is 425 g/mol. The van der Waals surface area contributed by atoms with Crippen LogP contribution in [0.4, 0.5) is 21.8 Å². The number of nitrogens with one attached hydrogen (secondary N) is 2. The first-order valence-electron chi connectivity index (χ1n) is 9.82. The second kappa shape index (κ2) is 9.78. The lowest BCUT2D eigenvalue weighted by atomic mass is 10.1. The van der Waals surface area contributed by atoms with Gasteiger partial charge < -0.3 is 20.3 Å². The normalized spacial score (nSPS) is 18.4. The number of carbonyl (C=O) groups excluding carboxylic acids is 1. The summed E-state index contributed by atoms with van der Waals surface area (Å²) in [6, 6.07) is 0. The number of alkyl halides is 1. The van der Waals surface area contributed by atoms with Crippen molar-refractivity contribution >= 4 is 40.0 Å². The fraction of sp³-hybridized carbons (Fsp3) is 0.400. The first kappa shape index (κ1) is 22.5. The highest BCUT2D eigenvalue weighted by Crippen LogP contribution is 2.35. The number of hydrogen-bond acceptors (Lipinski definition) is 7. The van der Waals surface area contributed by atoms with Crippen LogP contribution in [0, 0.1) is 0 Å². The molecule has 1 fully saturated rings. The predicted molar refractivity (Wildman–Crippen MR) is 118 cm³/mol. The van der Waals surface area contributed by atoms with Crippen LogP contribution >= 0.6 is 11.6 Å². The van der Waals surface area contributed by atoms with Crippen molar-refractivity contribution in [2.75, 3.05) is 30.8 Å². The third kappa shape index (κ3) is 5.13. The van der Waals surface area contributed by atoms with E-state index in [1.165, 1.54) is 11.0 Å². The Balaban J connectivity index is 1.93. The van der Waals surface area contributed by atoms with Crippen LogP contribution in [0.3, 0.4) is 0 Å². The number of amides is 1. The van der Waals surface area contributed by atoms with E-state index in [0.29, 0.717) is 30.2 Å². The number of halogens is 2. The van der Waals surface area contributed by atoms with Gasteiger partial charge in [0.15, 0.2) is 0 Å². The van der Waals surface area contributed by atoms with E-state index in [1.807, 2.05) is 6.92 Å². The Kier molecular flexibility index (Phi) is 7.11. The highest BCUT2D eigenvalue weighted by Gasteiger charge is 2.34. The third-order valence-electron chi connectivity index (χ3n) is 4.83. The van der Waals surface area contributed by atoms with E-state index >= 15 is 0 Å². The number of piperidine rings is 1. The maximum absolute atomic E-state index is 14.6. The Morgan fingerprint density at radius 1 is 1.48 bits per heavy atom. The van der Waals surface area contributed by atoms with Gasteiger partial charge in [0.1, 0.15) is 18.1 Å². The van der Waals surface area contributed by atoms with Crippen molar-refractivity contribution in [1.82, 2.24) is 24.6 Å². The van der Waals surface area contributed by atoms with Gasteiger partial charge in [-0.2, -0.15) is 15.1 Å². The largest absolute Gasteiger partial charge is 0.469 e. The van der Waals surface area contributed by atoms with Crippen LogP contribution in [-0.4, -0.2) is 63.0 Å². The fourth-order valence-electron chi connectivity index (χ4n) is 3.21. The molecule has 2 aromatic heterocycles. The second-order valence-corrected chi connectivity index (χ2v) is 7.35. The molecule has 11 heteroatoms. The van der Waals surface area contributed by atoms with Gasteiger partial charge in [-0.15, -0.1) is 0 Å². The highest BCUT2D eigenvalue weighted by molar-refractivity contribution is 6.49. The van der Waals surface area contributed by atoms with E-state index in [4.69, 9.17) is 16.3 Å². The number of hydrogen-bond donors (Lipinski definition) is 2. The maximum Gasteiger partial charge on any atom is 0.246 e. The summed E-state index contributed by atoms with van der Waals surface area (Å²) in [4.78, 5) is 22.3. The minimum Gasteiger partial charge on any atom is -0.469 e. The molecule has 166 valence electrons. The number of ether oxygens (including phenoxy) is 1. The lowest BCUT2D eigenvalue weighted by Crippen LogP contribution is -2.49. The molecule has 3 heterocycles. The third-order valence-corrected chi connectivity index (χ3v) is 5.01. The van der Waals surface area contributed by atoms with Gasteiger partial charge in [0.25, 0.3) is 0 Å². The summed E-state index contributed by atoms with van der Waals surface area (Å²) >= 11 is 6.18. The van der Waals surface area contributed by atoms with Crippen molar-refractivity contribution in [3.05, 3.63) is 37.2 Å². The van der Waals surface area contributed by atoms with E-state index < -0.39 is 12.3 Å². The molecule has 2 aromatic rings. The van der Waals surface area contributed by atoms with Crippen molar-refractivity contribution in [3.63, 3.8) is 0 Å². The predicted octanol–water partition coefficient (Wildman–Crippen LogP) is 3.19. The lowest BCUT2D eigenvalue weighted by molar-refractivity contribution is -0.130. The van der Waals surface area contributed by atoms with Gasteiger partial charge >= 0.3 is 0 Å². The minimum atomic E-state index is -1.28. The van der Waals surface area contributed by atoms with Gasteiger partial charge in [-0.05, 0) is 19.4 Å². The Labute approximate surface area is 184 Å². The van der Waals surface area contributed by atoms with Crippen LogP contribution in [0.5, 0.6) is 5.88 Å². The maximum atomic E-state index is 14.6. The molecule has 0 radical (unpaired) electrons. The average molecular weight is 450 g/mol. The molecule has 1 aliphatic rings. The van der Waals surface area contributed by atoms with E-state index in [0.717, 1.165) is 0 Å². The first-order valence-corrected chi connectivity index (χ1v) is 10.2. The van der Waals surface area contributed by atoms with Crippen LogP contribution in [0.15, 0.2) is 31.6 Å². The Bertz CT molecular complexity index is 980. The molecule has 0 unspecified atom stereocenters. The minimum absolute atomic E-state index is 0.0604. The molecule has 1 saturated heterocycles. The van der Waals surface area contributed by atoms with Crippen molar-refractivity contribution in [3.8, 4) is 5.88 Å². The highest BCUT2D eigenvalue weighted by atomic mass is 35.5. The van der Waals surface area contributed by atoms with Gasteiger partial charge in [0.05, 0.1) is 24.0 Å². The molecule has 1 amide bonds. The Hall–Kier alpha value is -3.14. The Morgan fingerprint density at radius 2 is 2.26 bits per heavy atom. The van der Waals surface area contributed by atoms with Crippen molar-refractivity contribution < 1.29 is 13.9 Å². The first-order chi connectivity index (χ1) is 14.9. The summed E-state index contributed by atoms with van der Waals surface area (Å²) in [6.45, 7) is 10.3. The summed E-state index contributed by atoms with van der Waals surface area (Å²) in [5.41, 5.74) is 0.995. The van der Waals surface area contributed by atoms with Crippen molar-refractivity contribution in [2.24, 2.45) is 0 Å². The quantitative estimate of drug-likeness (QED) is 0.597. The van der Waals surface area contributed by atoms with E-state index in [9.17, 15) is 9.18 Å². The molecule has 0 spiro atoms. The topological polar surface area (TPSA) is 97.2 Å². The van der Waals surface area contributed by atoms with Gasteiger partial charge in [-0.25, -0.2) is 4.39 Å². The molecule has 2 N–H and O–H groups in total. The van der Waals surface area contributed by atoms with E-state index in [1.54, 1.807) is 24.1 Å². The number of nitrogens with zero attached hydrogens (tertiary/aromatic N) is 5. The molecule has 0 saturated carbocycles. The SMILES string of the molecule is C=CC(=O)N1CC[C@@H](F)[C@@H](Oc2nc(Nc3cnn(CC)c3)nc(NC)c2C(=C)Cl)C1. The van der Waals surface area contributed by atoms with Crippen molar-refractivity contribution in [1.29, 1.82) is 0 Å². The van der Waals surface area contributed by atoms with Gasteiger partial charge in [0.2, 0.25) is 17.7 Å². The van der Waals surface area contributed by atoms with Crippen LogP contribution in [-0.2, 0) is 11.3 Å². The molecule has 31 heavy (non-hydrogen) atoms. The number of rotatable bonds is 8. The second-order valence-electron chi connectivity index (χ2n) is 6.89. The van der Waals surface area contributed by atoms with E-state index in [-0.39, 0.29) is 35.7 Å². The molecule has 2 atom stereocenters. The summed E-state index contributed by atoms with van der Waals surface area (Å²) in [7, 11) is 1.66. The average Bonchev–Trinajstić information content (AvgIpc) is 3.21. The number of likely N-dealkylation sites (tertiary alicyclic amines) is 1. The van der Waals surface area contributed by atoms with Gasteiger partial charge in [0, 0.05) is 31.4 Å². The Morgan fingerprint density at radius 3 is 2.87 bits per heavy atom. The van der Waals surface area contributed by atoms with Crippen LogP contribution in [0.2, 0.25) is 0 Å². The van der Waals surface area contributed by atoms with Crippen LogP contribution < -0.4 is 15.4 Å². The standard InChI is InChI=1S/C20H25ClFN7O2/c1-5-16(30)28-8-7-14(22)15(11-28)31-19-17(12(3)21)18(23-4)26-20(27-19)25-13-9-24-29(6-2)10-13/h5,9-10,14-15H,1,3,6-8,11H2,2,4H3,(H2,23,25,26,27)/t14-,15+/m1/s1. The number of carbonyl (C=O) groups is 1. The molecule has 1 aliphatic heterocycles. The van der Waals surface area contributed by atoms with Crippen LogP contribution in [0.25, 0.3) is 5.03 Å². The number of aryl methyl sites for hydroxylation is 1. The number of aromatic nitrogens is 4. The molecule has 0 aliphatic carbocycles. The van der Waals surface area contributed by atoms with Gasteiger partial charge in [-0.1, -0.05) is 24.8 Å². The van der Waals surface area contributed by atoms with E-state index in [2.05, 4.69) is 38.9 Å². The molecular formula is C20H25ClFN7O2. The summed E-state index contributed by atoms with van der Waals surface area (Å²) < 4.78 is 22.3. The zero-order chi connectivity index (χ0) is 22.5. The zero-order valence-electron chi connectivity index (χ0n) is 17.4. The molecule has 3 rings (SSSR count). The zero-order valence-corrected chi connectivity index (χ0v) is 18.2. The fourth-order valence-corrected chi connectivity index (χ4v) is 3.38. The monoisotopic (exact) mass is 449 g/mol. The summed E-state index contributed by atoms with van der Waals surface area (Å²) in [5, 5.41) is 10.3.